The topological polar surface area (TPSA) is 63.2 Å². The Bertz CT molecular complexity index is 1190. The number of halogens is 1. The van der Waals surface area contributed by atoms with Crippen LogP contribution in [0.25, 0.3) is 11.1 Å². The quantitative estimate of drug-likeness (QED) is 0.398. The van der Waals surface area contributed by atoms with Crippen LogP contribution in [0.3, 0.4) is 0 Å². The fourth-order valence-electron chi connectivity index (χ4n) is 5.34. The number of ether oxygens (including phenoxy) is 1. The van der Waals surface area contributed by atoms with E-state index in [9.17, 15) is 4.79 Å². The molecule has 2 aromatic carbocycles. The summed E-state index contributed by atoms with van der Waals surface area (Å²) in [5.74, 6) is 1.10. The molecule has 2 heterocycles. The summed E-state index contributed by atoms with van der Waals surface area (Å²) < 4.78 is 6.28. The van der Waals surface area contributed by atoms with E-state index in [1.165, 1.54) is 5.56 Å². The average molecular weight is 492 g/mol. The van der Waals surface area contributed by atoms with E-state index in [1.807, 2.05) is 24.3 Å². The standard InChI is InChI=1S/C29H34ClN3O2/c1-6-19-8-7-9-25(26(19)20-12-14-31-15-13-20)35-24-11-10-21(16-23(24)30)27(34)32-22-17-28(2,3)33-29(4,5)18-22/h7-16,22,33H,6,17-18H2,1-5H3,(H,32,34). The molecule has 0 radical (unpaired) electrons. The van der Waals surface area contributed by atoms with Crippen molar-refractivity contribution in [3.05, 3.63) is 77.1 Å². The molecule has 0 spiro atoms. The molecule has 1 aliphatic heterocycles. The maximum atomic E-state index is 13.0. The predicted octanol–water partition coefficient (Wildman–Crippen LogP) is 6.80. The number of carbonyl (C=O) groups is 1. The van der Waals surface area contributed by atoms with Gasteiger partial charge in [0.25, 0.3) is 5.91 Å². The van der Waals surface area contributed by atoms with Crippen molar-refractivity contribution in [2.24, 2.45) is 0 Å². The number of aryl methyl sites for hydroxylation is 1. The third kappa shape index (κ3) is 6.03. The number of hydrogen-bond acceptors (Lipinski definition) is 4. The van der Waals surface area contributed by atoms with Crippen molar-refractivity contribution in [2.45, 2.75) is 71.0 Å². The first-order valence-corrected chi connectivity index (χ1v) is 12.5. The number of amides is 1. The minimum absolute atomic E-state index is 0.0470. The molecule has 3 aromatic rings. The molecule has 35 heavy (non-hydrogen) atoms. The van der Waals surface area contributed by atoms with Gasteiger partial charge in [-0.25, -0.2) is 0 Å². The minimum atomic E-state index is -0.123. The normalized spacial score (nSPS) is 17.1. The van der Waals surface area contributed by atoms with Gasteiger partial charge < -0.3 is 15.4 Å². The van der Waals surface area contributed by atoms with Crippen LogP contribution in [-0.2, 0) is 6.42 Å². The molecule has 5 nitrogen and oxygen atoms in total. The number of aromatic nitrogens is 1. The minimum Gasteiger partial charge on any atom is -0.455 e. The first kappa shape index (κ1) is 25.2. The highest BCUT2D eigenvalue weighted by Gasteiger charge is 2.38. The number of benzene rings is 2. The van der Waals surface area contributed by atoms with E-state index in [0.29, 0.717) is 22.1 Å². The molecule has 0 bridgehead atoms. The molecule has 0 unspecified atom stereocenters. The number of pyridine rings is 1. The highest BCUT2D eigenvalue weighted by Crippen LogP contribution is 2.38. The van der Waals surface area contributed by atoms with Crippen LogP contribution >= 0.6 is 11.6 Å². The molecule has 4 rings (SSSR count). The molecule has 1 aliphatic rings. The third-order valence-corrected chi connectivity index (χ3v) is 6.70. The fourth-order valence-corrected chi connectivity index (χ4v) is 5.56. The number of nitrogens with zero attached hydrogens (tertiary/aromatic N) is 1. The zero-order valence-corrected chi connectivity index (χ0v) is 21.9. The van der Waals surface area contributed by atoms with Crippen molar-refractivity contribution in [1.82, 2.24) is 15.6 Å². The van der Waals surface area contributed by atoms with Crippen LogP contribution < -0.4 is 15.4 Å². The van der Waals surface area contributed by atoms with Crippen LogP contribution in [0.5, 0.6) is 11.5 Å². The van der Waals surface area contributed by atoms with E-state index >= 15 is 0 Å². The monoisotopic (exact) mass is 491 g/mol. The first-order chi connectivity index (χ1) is 16.6. The largest absolute Gasteiger partial charge is 0.455 e. The smallest absolute Gasteiger partial charge is 0.251 e. The van der Waals surface area contributed by atoms with Gasteiger partial charge in [-0.05, 0) is 94.5 Å². The Morgan fingerprint density at radius 2 is 1.74 bits per heavy atom. The van der Waals surface area contributed by atoms with Gasteiger partial charge in [-0.2, -0.15) is 0 Å². The fraction of sp³-hybridized carbons (Fsp3) is 0.379. The van der Waals surface area contributed by atoms with Gasteiger partial charge in [-0.3, -0.25) is 9.78 Å². The van der Waals surface area contributed by atoms with Crippen molar-refractivity contribution in [1.29, 1.82) is 0 Å². The van der Waals surface area contributed by atoms with Gasteiger partial charge in [-0.15, -0.1) is 0 Å². The van der Waals surface area contributed by atoms with Crippen LogP contribution in [0.2, 0.25) is 5.02 Å². The lowest BCUT2D eigenvalue weighted by molar-refractivity contribution is 0.0873. The Morgan fingerprint density at radius 3 is 2.37 bits per heavy atom. The van der Waals surface area contributed by atoms with Crippen LogP contribution in [-0.4, -0.2) is 28.0 Å². The summed E-state index contributed by atoms with van der Waals surface area (Å²) in [6, 6.07) is 15.3. The maximum absolute atomic E-state index is 13.0. The zero-order valence-electron chi connectivity index (χ0n) is 21.1. The molecular formula is C29H34ClN3O2. The third-order valence-electron chi connectivity index (χ3n) is 6.40. The van der Waals surface area contributed by atoms with Crippen molar-refractivity contribution in [2.75, 3.05) is 0 Å². The number of carbonyl (C=O) groups excluding carboxylic acids is 1. The summed E-state index contributed by atoms with van der Waals surface area (Å²) in [6.07, 6.45) is 6.14. The summed E-state index contributed by atoms with van der Waals surface area (Å²) in [5, 5.41) is 7.25. The Hall–Kier alpha value is -2.89. The Balaban J connectivity index is 1.54. The molecule has 184 valence electrons. The molecule has 1 amide bonds. The van der Waals surface area contributed by atoms with Crippen LogP contribution in [0.4, 0.5) is 0 Å². The van der Waals surface area contributed by atoms with Crippen molar-refractivity contribution >= 4 is 17.5 Å². The maximum Gasteiger partial charge on any atom is 0.251 e. The van der Waals surface area contributed by atoms with E-state index in [4.69, 9.17) is 16.3 Å². The number of piperidine rings is 1. The molecule has 0 saturated carbocycles. The average Bonchev–Trinajstić information content (AvgIpc) is 2.78. The van der Waals surface area contributed by atoms with Gasteiger partial charge in [0.1, 0.15) is 11.5 Å². The van der Waals surface area contributed by atoms with Gasteiger partial charge in [0.05, 0.1) is 5.02 Å². The molecule has 6 heteroatoms. The van der Waals surface area contributed by atoms with E-state index < -0.39 is 0 Å². The number of nitrogens with one attached hydrogen (secondary N) is 2. The summed E-state index contributed by atoms with van der Waals surface area (Å²) in [6.45, 7) is 10.8. The molecule has 1 saturated heterocycles. The summed E-state index contributed by atoms with van der Waals surface area (Å²) in [7, 11) is 0. The SMILES string of the molecule is CCc1cccc(Oc2ccc(C(=O)NC3CC(C)(C)NC(C)(C)C3)cc2Cl)c1-c1ccncc1. The second-order valence-electron chi connectivity index (χ2n) is 10.6. The van der Waals surface area contributed by atoms with E-state index in [2.05, 4.69) is 56.3 Å². The lowest BCUT2D eigenvalue weighted by Crippen LogP contribution is -2.62. The van der Waals surface area contributed by atoms with E-state index in [-0.39, 0.29) is 23.0 Å². The Kier molecular flexibility index (Phi) is 7.20. The molecule has 2 N–H and O–H groups in total. The van der Waals surface area contributed by atoms with E-state index in [1.54, 1.807) is 30.6 Å². The molecule has 1 aromatic heterocycles. The van der Waals surface area contributed by atoms with Crippen molar-refractivity contribution in [3.63, 3.8) is 0 Å². The van der Waals surface area contributed by atoms with Crippen LogP contribution in [0.15, 0.2) is 60.9 Å². The Morgan fingerprint density at radius 1 is 1.06 bits per heavy atom. The highest BCUT2D eigenvalue weighted by molar-refractivity contribution is 6.32. The van der Waals surface area contributed by atoms with Crippen molar-refractivity contribution in [3.8, 4) is 22.6 Å². The van der Waals surface area contributed by atoms with Gasteiger partial charge in [0.15, 0.2) is 0 Å². The highest BCUT2D eigenvalue weighted by atomic mass is 35.5. The van der Waals surface area contributed by atoms with Crippen molar-refractivity contribution < 1.29 is 9.53 Å². The Labute approximate surface area is 213 Å². The lowest BCUT2D eigenvalue weighted by atomic mass is 9.79. The van der Waals surface area contributed by atoms with E-state index in [0.717, 1.165) is 30.4 Å². The van der Waals surface area contributed by atoms with Gasteiger partial charge >= 0.3 is 0 Å². The van der Waals surface area contributed by atoms with Crippen LogP contribution in [0, 0.1) is 0 Å². The molecular weight excluding hydrogens is 458 g/mol. The molecule has 1 fully saturated rings. The number of hydrogen-bond donors (Lipinski definition) is 2. The second kappa shape index (κ2) is 10.00. The summed E-state index contributed by atoms with van der Waals surface area (Å²) in [4.78, 5) is 17.2. The number of rotatable bonds is 6. The molecule has 0 aliphatic carbocycles. The molecule has 0 atom stereocenters. The summed E-state index contributed by atoms with van der Waals surface area (Å²) >= 11 is 6.60. The second-order valence-corrected chi connectivity index (χ2v) is 11.0. The van der Waals surface area contributed by atoms with Gasteiger partial charge in [-0.1, -0.05) is 30.7 Å². The summed E-state index contributed by atoms with van der Waals surface area (Å²) in [5.41, 5.74) is 3.66. The zero-order chi connectivity index (χ0) is 25.2. The van der Waals surface area contributed by atoms with Gasteiger partial charge in [0.2, 0.25) is 0 Å². The van der Waals surface area contributed by atoms with Gasteiger partial charge in [0, 0.05) is 40.6 Å². The first-order valence-electron chi connectivity index (χ1n) is 12.2. The lowest BCUT2D eigenvalue weighted by Gasteiger charge is -2.46. The predicted molar refractivity (Wildman–Crippen MR) is 142 cm³/mol. The van der Waals surface area contributed by atoms with Crippen LogP contribution in [0.1, 0.15) is 63.4 Å².